The summed E-state index contributed by atoms with van der Waals surface area (Å²) in [4.78, 5) is 26.5. The lowest BCUT2D eigenvalue weighted by molar-refractivity contribution is -0.144. The molecule has 36 heavy (non-hydrogen) atoms. The molecule has 1 aliphatic rings. The first-order valence-corrected chi connectivity index (χ1v) is 14.6. The monoisotopic (exact) mass is 501 g/mol. The predicted molar refractivity (Wildman–Crippen MR) is 148 cm³/mol. The van der Waals surface area contributed by atoms with Gasteiger partial charge in [0, 0.05) is 25.2 Å². The third-order valence-electron chi connectivity index (χ3n) is 7.48. The molecule has 204 valence electrons. The summed E-state index contributed by atoms with van der Waals surface area (Å²) in [6, 6.07) is 7.20. The minimum absolute atomic E-state index is 0.0268. The fourth-order valence-electron chi connectivity index (χ4n) is 5.20. The number of benzene rings is 1. The van der Waals surface area contributed by atoms with Crippen molar-refractivity contribution in [1.29, 1.82) is 0 Å². The van der Waals surface area contributed by atoms with E-state index in [9.17, 15) is 14.7 Å². The number of carbonyl (C=O) groups is 2. The Hall–Kier alpha value is -1.92. The molecule has 3 N–H and O–H groups in total. The molecule has 1 unspecified atom stereocenters. The van der Waals surface area contributed by atoms with Crippen molar-refractivity contribution >= 4 is 11.9 Å². The Labute approximate surface area is 219 Å². The molecular weight excluding hydrogens is 450 g/mol. The molecule has 1 atom stereocenters. The molecular formula is C30H51N3O3. The van der Waals surface area contributed by atoms with Crippen LogP contribution in [-0.4, -0.2) is 54.1 Å². The van der Waals surface area contributed by atoms with Gasteiger partial charge in [0.2, 0.25) is 0 Å². The molecule has 1 heterocycles. The van der Waals surface area contributed by atoms with Crippen LogP contribution in [0, 0.1) is 5.92 Å². The van der Waals surface area contributed by atoms with Crippen LogP contribution in [0.4, 0.5) is 0 Å². The zero-order valence-corrected chi connectivity index (χ0v) is 22.9. The van der Waals surface area contributed by atoms with Gasteiger partial charge in [-0.05, 0) is 62.4 Å². The van der Waals surface area contributed by atoms with Crippen LogP contribution in [-0.2, 0) is 11.3 Å². The van der Waals surface area contributed by atoms with Crippen molar-refractivity contribution in [3.63, 3.8) is 0 Å². The number of carboxylic acids is 1. The van der Waals surface area contributed by atoms with Gasteiger partial charge in [0.25, 0.3) is 5.91 Å². The van der Waals surface area contributed by atoms with E-state index in [1.807, 2.05) is 31.2 Å². The summed E-state index contributed by atoms with van der Waals surface area (Å²) < 4.78 is 0. The molecule has 6 heteroatoms. The molecule has 1 aliphatic heterocycles. The molecule has 6 nitrogen and oxygen atoms in total. The van der Waals surface area contributed by atoms with E-state index in [1.54, 1.807) is 0 Å². The molecule has 0 saturated carbocycles. The molecule has 1 aromatic rings. The molecule has 1 saturated heterocycles. The van der Waals surface area contributed by atoms with E-state index < -0.39 is 12.0 Å². The van der Waals surface area contributed by atoms with Gasteiger partial charge in [-0.25, -0.2) is 0 Å². The summed E-state index contributed by atoms with van der Waals surface area (Å²) in [5, 5.41) is 16.2. The van der Waals surface area contributed by atoms with Crippen LogP contribution in [0.1, 0.15) is 113 Å². The van der Waals surface area contributed by atoms with E-state index in [0.29, 0.717) is 24.4 Å². The predicted octanol–water partition coefficient (Wildman–Crippen LogP) is 6.00. The van der Waals surface area contributed by atoms with Gasteiger partial charge in [-0.2, -0.15) is 0 Å². The average Bonchev–Trinajstić information content (AvgIpc) is 2.88. The Morgan fingerprint density at radius 3 is 2.08 bits per heavy atom. The van der Waals surface area contributed by atoms with Gasteiger partial charge in [0.05, 0.1) is 0 Å². The minimum Gasteiger partial charge on any atom is -0.480 e. The van der Waals surface area contributed by atoms with E-state index in [0.717, 1.165) is 51.0 Å². The van der Waals surface area contributed by atoms with E-state index in [2.05, 4.69) is 22.5 Å². The number of nitrogens with one attached hydrogen (secondary N) is 2. The number of unbranched alkanes of at least 4 members (excludes halogenated alkanes) is 9. The summed E-state index contributed by atoms with van der Waals surface area (Å²) in [6.07, 6.45) is 15.6. The van der Waals surface area contributed by atoms with Crippen LogP contribution < -0.4 is 10.6 Å². The lowest BCUT2D eigenvalue weighted by atomic mass is 9.96. The number of aliphatic carboxylic acids is 1. The molecule has 1 fully saturated rings. The average molecular weight is 502 g/mol. The number of hydrogen-bond acceptors (Lipinski definition) is 4. The van der Waals surface area contributed by atoms with Crippen LogP contribution >= 0.6 is 0 Å². The van der Waals surface area contributed by atoms with E-state index in [1.165, 1.54) is 57.8 Å². The Morgan fingerprint density at radius 2 is 1.53 bits per heavy atom. The van der Waals surface area contributed by atoms with Crippen LogP contribution in [0.5, 0.6) is 0 Å². The molecule has 2 rings (SSSR count). The van der Waals surface area contributed by atoms with Gasteiger partial charge >= 0.3 is 5.97 Å². The van der Waals surface area contributed by atoms with E-state index in [-0.39, 0.29) is 5.91 Å². The highest BCUT2D eigenvalue weighted by atomic mass is 16.4. The highest BCUT2D eigenvalue weighted by molar-refractivity contribution is 5.94. The van der Waals surface area contributed by atoms with Crippen LogP contribution in [0.25, 0.3) is 0 Å². The first kappa shape index (κ1) is 30.3. The van der Waals surface area contributed by atoms with Crippen molar-refractivity contribution in [3.8, 4) is 0 Å². The second kappa shape index (κ2) is 18.3. The number of hydrogen-bond donors (Lipinski definition) is 3. The van der Waals surface area contributed by atoms with Crippen molar-refractivity contribution in [3.05, 3.63) is 35.4 Å². The summed E-state index contributed by atoms with van der Waals surface area (Å²) in [6.45, 7) is 8.32. The molecule has 0 bridgehead atoms. The Kier molecular flexibility index (Phi) is 15.4. The molecule has 1 amide bonds. The minimum atomic E-state index is -0.755. The van der Waals surface area contributed by atoms with Crippen molar-refractivity contribution in [2.24, 2.45) is 5.92 Å². The zero-order valence-electron chi connectivity index (χ0n) is 22.9. The lowest BCUT2D eigenvalue weighted by Gasteiger charge is -2.33. The fourth-order valence-corrected chi connectivity index (χ4v) is 5.20. The third kappa shape index (κ3) is 11.9. The maximum Gasteiger partial charge on any atom is 0.320 e. The molecule has 0 aromatic heterocycles. The normalized spacial score (nSPS) is 15.2. The highest BCUT2D eigenvalue weighted by Crippen LogP contribution is 2.19. The number of carboxylic acid groups (broad SMARTS) is 1. The standard InChI is InChI=1S/C30H51N3O3/c1-3-5-6-7-8-9-10-11-12-13-20-32-29(34)27-16-14-25(15-17-27)23-33(28(4-2)30(35)36)24-26-18-21-31-22-19-26/h14-17,26,28,31H,3-13,18-24H2,1-2H3,(H,32,34)(H,35,36). The summed E-state index contributed by atoms with van der Waals surface area (Å²) >= 11 is 0. The van der Waals surface area contributed by atoms with Crippen LogP contribution in [0.15, 0.2) is 24.3 Å². The summed E-state index contributed by atoms with van der Waals surface area (Å²) in [5.41, 5.74) is 1.72. The Bertz CT molecular complexity index is 731. The Morgan fingerprint density at radius 1 is 0.944 bits per heavy atom. The second-order valence-electron chi connectivity index (χ2n) is 10.5. The van der Waals surface area contributed by atoms with Gasteiger partial charge in [0.1, 0.15) is 6.04 Å². The van der Waals surface area contributed by atoms with Crippen LogP contribution in [0.2, 0.25) is 0 Å². The van der Waals surface area contributed by atoms with E-state index >= 15 is 0 Å². The molecule has 0 radical (unpaired) electrons. The number of rotatable bonds is 19. The van der Waals surface area contributed by atoms with Gasteiger partial charge < -0.3 is 15.7 Å². The Balaban J connectivity index is 1.72. The number of piperidine rings is 1. The molecule has 0 spiro atoms. The van der Waals surface area contributed by atoms with Crippen LogP contribution in [0.3, 0.4) is 0 Å². The molecule has 0 aliphatic carbocycles. The molecule has 1 aromatic carbocycles. The highest BCUT2D eigenvalue weighted by Gasteiger charge is 2.27. The SMILES string of the molecule is CCCCCCCCCCCCNC(=O)c1ccc(CN(CC2CCNCC2)C(CC)C(=O)O)cc1. The van der Waals surface area contributed by atoms with Gasteiger partial charge in [0.15, 0.2) is 0 Å². The van der Waals surface area contributed by atoms with Gasteiger partial charge in [-0.1, -0.05) is 83.8 Å². The zero-order chi connectivity index (χ0) is 26.0. The largest absolute Gasteiger partial charge is 0.480 e. The summed E-state index contributed by atoms with van der Waals surface area (Å²) in [7, 11) is 0. The second-order valence-corrected chi connectivity index (χ2v) is 10.5. The summed E-state index contributed by atoms with van der Waals surface area (Å²) in [5.74, 6) is -0.258. The number of amides is 1. The maximum atomic E-state index is 12.5. The number of nitrogens with zero attached hydrogens (tertiary/aromatic N) is 1. The quantitative estimate of drug-likeness (QED) is 0.203. The van der Waals surface area contributed by atoms with Gasteiger partial charge in [-0.3, -0.25) is 14.5 Å². The van der Waals surface area contributed by atoms with Crippen molar-refractivity contribution in [2.75, 3.05) is 26.2 Å². The maximum absolute atomic E-state index is 12.5. The topological polar surface area (TPSA) is 81.7 Å². The third-order valence-corrected chi connectivity index (χ3v) is 7.48. The van der Waals surface area contributed by atoms with Crippen molar-refractivity contribution < 1.29 is 14.7 Å². The lowest BCUT2D eigenvalue weighted by Crippen LogP contribution is -2.44. The van der Waals surface area contributed by atoms with E-state index in [4.69, 9.17) is 0 Å². The van der Waals surface area contributed by atoms with Gasteiger partial charge in [-0.15, -0.1) is 0 Å². The van der Waals surface area contributed by atoms with Crippen molar-refractivity contribution in [1.82, 2.24) is 15.5 Å². The smallest absolute Gasteiger partial charge is 0.320 e. The number of carbonyl (C=O) groups excluding carboxylic acids is 1. The fraction of sp³-hybridized carbons (Fsp3) is 0.733. The first-order chi connectivity index (χ1) is 17.5. The van der Waals surface area contributed by atoms with Crippen molar-refractivity contribution in [2.45, 2.75) is 110 Å². The first-order valence-electron chi connectivity index (χ1n) is 14.6.